The number of hydrogen-bond donors (Lipinski definition) is 1. The minimum absolute atomic E-state index is 0.401. The Hall–Kier alpha value is -1.71. The summed E-state index contributed by atoms with van der Waals surface area (Å²) in [5.41, 5.74) is 7.75. The van der Waals surface area contributed by atoms with Crippen LogP contribution in [-0.2, 0) is 4.74 Å². The van der Waals surface area contributed by atoms with Crippen molar-refractivity contribution in [2.45, 2.75) is 13.8 Å². The van der Waals surface area contributed by atoms with Crippen molar-refractivity contribution >= 4 is 17.3 Å². The molecule has 0 aromatic heterocycles. The lowest BCUT2D eigenvalue weighted by Crippen LogP contribution is -2.24. The van der Waals surface area contributed by atoms with Gasteiger partial charge in [-0.2, -0.15) is 0 Å². The van der Waals surface area contributed by atoms with Crippen molar-refractivity contribution in [1.82, 2.24) is 0 Å². The van der Waals surface area contributed by atoms with Crippen LogP contribution in [0.1, 0.15) is 24.2 Å². The van der Waals surface area contributed by atoms with Crippen LogP contribution < -0.4 is 10.6 Å². The third-order valence-corrected chi connectivity index (χ3v) is 2.54. The Balaban J connectivity index is 3.05. The van der Waals surface area contributed by atoms with Gasteiger partial charge < -0.3 is 15.4 Å². The summed E-state index contributed by atoms with van der Waals surface area (Å²) in [6.45, 7) is 5.16. The van der Waals surface area contributed by atoms with E-state index in [1.54, 1.807) is 6.07 Å². The van der Waals surface area contributed by atoms with Gasteiger partial charge in [-0.05, 0) is 18.1 Å². The van der Waals surface area contributed by atoms with Gasteiger partial charge in [-0.1, -0.05) is 19.9 Å². The molecule has 4 heteroatoms. The molecule has 0 radical (unpaired) electrons. The number of nitrogens with zero attached hydrogens (tertiary/aromatic N) is 1. The maximum atomic E-state index is 11.5. The zero-order chi connectivity index (χ0) is 13.0. The number of esters is 1. The van der Waals surface area contributed by atoms with Gasteiger partial charge in [0.15, 0.2) is 0 Å². The van der Waals surface area contributed by atoms with E-state index in [-0.39, 0.29) is 0 Å². The van der Waals surface area contributed by atoms with E-state index in [0.29, 0.717) is 17.2 Å². The molecule has 0 aliphatic carbocycles. The van der Waals surface area contributed by atoms with Crippen LogP contribution in [0.2, 0.25) is 0 Å². The van der Waals surface area contributed by atoms with Crippen molar-refractivity contribution in [1.29, 1.82) is 0 Å². The molecule has 0 amide bonds. The van der Waals surface area contributed by atoms with Crippen LogP contribution in [-0.4, -0.2) is 26.7 Å². The van der Waals surface area contributed by atoms with Crippen LogP contribution in [0.4, 0.5) is 11.4 Å². The van der Waals surface area contributed by atoms with E-state index >= 15 is 0 Å². The number of carbonyl (C=O) groups is 1. The minimum atomic E-state index is -0.401. The molecule has 1 aromatic carbocycles. The van der Waals surface area contributed by atoms with Gasteiger partial charge in [0.25, 0.3) is 0 Å². The van der Waals surface area contributed by atoms with Crippen LogP contribution in [0.25, 0.3) is 0 Å². The van der Waals surface area contributed by atoms with Crippen molar-refractivity contribution < 1.29 is 9.53 Å². The van der Waals surface area contributed by atoms with Gasteiger partial charge >= 0.3 is 5.97 Å². The highest BCUT2D eigenvalue weighted by molar-refractivity contribution is 5.98. The number of methoxy groups -OCH3 is 1. The van der Waals surface area contributed by atoms with Crippen molar-refractivity contribution in [3.8, 4) is 0 Å². The Morgan fingerprint density at radius 3 is 2.65 bits per heavy atom. The quantitative estimate of drug-likeness (QED) is 0.643. The highest BCUT2D eigenvalue weighted by Gasteiger charge is 2.15. The fourth-order valence-electron chi connectivity index (χ4n) is 1.82. The third kappa shape index (κ3) is 3.12. The molecule has 0 atom stereocenters. The second-order valence-corrected chi connectivity index (χ2v) is 4.50. The van der Waals surface area contributed by atoms with Crippen LogP contribution in [0.15, 0.2) is 18.2 Å². The molecule has 2 N–H and O–H groups in total. The number of ether oxygens (including phenoxy) is 1. The standard InChI is InChI=1S/C13H20N2O2/c1-9(2)8-15(3)11-7-5-6-10(12(11)14)13(16)17-4/h5-7,9H,8,14H2,1-4H3. The van der Waals surface area contributed by atoms with E-state index in [0.717, 1.165) is 12.2 Å². The Kier molecular flexibility index (Phi) is 4.37. The molecule has 1 aromatic rings. The van der Waals surface area contributed by atoms with Gasteiger partial charge in [-0.15, -0.1) is 0 Å². The molecule has 0 saturated heterocycles. The molecule has 0 aliphatic rings. The summed E-state index contributed by atoms with van der Waals surface area (Å²) in [6, 6.07) is 5.40. The number of anilines is 2. The molecule has 0 heterocycles. The Morgan fingerprint density at radius 1 is 1.47 bits per heavy atom. The van der Waals surface area contributed by atoms with E-state index in [1.165, 1.54) is 7.11 Å². The molecule has 4 nitrogen and oxygen atoms in total. The SMILES string of the molecule is COC(=O)c1cccc(N(C)CC(C)C)c1N. The Bertz CT molecular complexity index is 402. The number of nitrogen functional groups attached to an aromatic ring is 1. The zero-order valence-corrected chi connectivity index (χ0v) is 10.9. The number of nitrogens with two attached hydrogens (primary N) is 1. The van der Waals surface area contributed by atoms with Crippen molar-refractivity contribution in [3.05, 3.63) is 23.8 Å². The van der Waals surface area contributed by atoms with E-state index in [2.05, 4.69) is 13.8 Å². The maximum absolute atomic E-state index is 11.5. The number of carbonyl (C=O) groups excluding carboxylic acids is 1. The average molecular weight is 236 g/mol. The molecule has 0 fully saturated rings. The van der Waals surface area contributed by atoms with Gasteiger partial charge in [0.05, 0.1) is 24.0 Å². The van der Waals surface area contributed by atoms with Gasteiger partial charge in [-0.25, -0.2) is 4.79 Å². The first-order chi connectivity index (χ1) is 7.97. The second-order valence-electron chi connectivity index (χ2n) is 4.50. The van der Waals surface area contributed by atoms with Gasteiger partial charge in [0, 0.05) is 13.6 Å². The number of rotatable bonds is 4. The summed E-state index contributed by atoms with van der Waals surface area (Å²) in [7, 11) is 3.32. The number of hydrogen-bond acceptors (Lipinski definition) is 4. The van der Waals surface area contributed by atoms with Gasteiger partial charge in [0.1, 0.15) is 0 Å². The summed E-state index contributed by atoms with van der Waals surface area (Å²) in [4.78, 5) is 13.6. The number of para-hydroxylation sites is 1. The first kappa shape index (κ1) is 13.4. The van der Waals surface area contributed by atoms with E-state index < -0.39 is 5.97 Å². The summed E-state index contributed by atoms with van der Waals surface area (Å²) >= 11 is 0. The average Bonchev–Trinajstić information content (AvgIpc) is 2.27. The zero-order valence-electron chi connectivity index (χ0n) is 10.9. The highest BCUT2D eigenvalue weighted by Crippen LogP contribution is 2.26. The molecule has 0 bridgehead atoms. The fraction of sp³-hybridized carbons (Fsp3) is 0.462. The maximum Gasteiger partial charge on any atom is 0.340 e. The molecule has 0 aliphatic heterocycles. The predicted octanol–water partition coefficient (Wildman–Crippen LogP) is 2.15. The molecular weight excluding hydrogens is 216 g/mol. The monoisotopic (exact) mass is 236 g/mol. The smallest absolute Gasteiger partial charge is 0.340 e. The van der Waals surface area contributed by atoms with E-state index in [1.807, 2.05) is 24.1 Å². The van der Waals surface area contributed by atoms with Crippen LogP contribution in [0.3, 0.4) is 0 Å². The lowest BCUT2D eigenvalue weighted by Gasteiger charge is -2.23. The lowest BCUT2D eigenvalue weighted by atomic mass is 10.1. The summed E-state index contributed by atoms with van der Waals surface area (Å²) in [6.07, 6.45) is 0. The molecule has 17 heavy (non-hydrogen) atoms. The first-order valence-electron chi connectivity index (χ1n) is 5.65. The van der Waals surface area contributed by atoms with Gasteiger partial charge in [-0.3, -0.25) is 0 Å². The van der Waals surface area contributed by atoms with Crippen LogP contribution in [0, 0.1) is 5.92 Å². The van der Waals surface area contributed by atoms with E-state index in [9.17, 15) is 4.79 Å². The summed E-state index contributed by atoms with van der Waals surface area (Å²) in [5.74, 6) is 0.128. The molecule has 0 saturated carbocycles. The third-order valence-electron chi connectivity index (χ3n) is 2.54. The van der Waals surface area contributed by atoms with Crippen molar-refractivity contribution in [2.24, 2.45) is 5.92 Å². The van der Waals surface area contributed by atoms with Crippen molar-refractivity contribution in [3.63, 3.8) is 0 Å². The summed E-state index contributed by atoms with van der Waals surface area (Å²) in [5, 5.41) is 0. The predicted molar refractivity (Wildman–Crippen MR) is 70.3 cm³/mol. The highest BCUT2D eigenvalue weighted by atomic mass is 16.5. The first-order valence-corrected chi connectivity index (χ1v) is 5.65. The minimum Gasteiger partial charge on any atom is -0.465 e. The Labute approximate surface area is 102 Å². The molecular formula is C13H20N2O2. The largest absolute Gasteiger partial charge is 0.465 e. The molecule has 0 spiro atoms. The van der Waals surface area contributed by atoms with Crippen molar-refractivity contribution in [2.75, 3.05) is 31.3 Å². The normalized spacial score (nSPS) is 10.4. The number of benzene rings is 1. The lowest BCUT2D eigenvalue weighted by molar-refractivity contribution is 0.0602. The van der Waals surface area contributed by atoms with Gasteiger partial charge in [0.2, 0.25) is 0 Å². The van der Waals surface area contributed by atoms with Crippen LogP contribution in [0.5, 0.6) is 0 Å². The molecule has 1 rings (SSSR count). The Morgan fingerprint density at radius 2 is 2.12 bits per heavy atom. The fourth-order valence-corrected chi connectivity index (χ4v) is 1.82. The summed E-state index contributed by atoms with van der Waals surface area (Å²) < 4.78 is 4.70. The van der Waals surface area contributed by atoms with E-state index in [4.69, 9.17) is 10.5 Å². The molecule has 94 valence electrons. The second kappa shape index (κ2) is 5.57. The topological polar surface area (TPSA) is 55.6 Å². The molecule has 0 unspecified atom stereocenters. The van der Waals surface area contributed by atoms with Crippen LogP contribution >= 0.6 is 0 Å².